The number of rotatable bonds is 1. The number of fused-ring (bicyclic) bond motifs is 1. The molecule has 0 saturated heterocycles. The predicted molar refractivity (Wildman–Crippen MR) is 66.7 cm³/mol. The quantitative estimate of drug-likeness (QED) is 0.765. The summed E-state index contributed by atoms with van der Waals surface area (Å²) >= 11 is 0. The van der Waals surface area contributed by atoms with E-state index in [0.29, 0.717) is 0 Å². The van der Waals surface area contributed by atoms with Crippen molar-refractivity contribution < 1.29 is 0 Å². The summed E-state index contributed by atoms with van der Waals surface area (Å²) < 4.78 is 0. The molecule has 1 aliphatic heterocycles. The standard InChI is InChI=1S/C14H12N2/c1-2-6-11(7-3-1)14-15-10-12-8-4-5-9-13(12)16-14/h1-9H,10H2,(H,15,16). The molecule has 2 aromatic carbocycles. The molecule has 0 unspecified atom stereocenters. The van der Waals surface area contributed by atoms with E-state index in [0.717, 1.165) is 23.6 Å². The van der Waals surface area contributed by atoms with Gasteiger partial charge >= 0.3 is 0 Å². The maximum atomic E-state index is 4.55. The molecule has 78 valence electrons. The van der Waals surface area contributed by atoms with Crippen LogP contribution in [0.3, 0.4) is 0 Å². The molecule has 0 amide bonds. The van der Waals surface area contributed by atoms with Gasteiger partial charge in [-0.3, -0.25) is 4.99 Å². The molecule has 16 heavy (non-hydrogen) atoms. The van der Waals surface area contributed by atoms with E-state index in [4.69, 9.17) is 0 Å². The Morgan fingerprint density at radius 3 is 2.50 bits per heavy atom. The van der Waals surface area contributed by atoms with Crippen molar-refractivity contribution in [2.45, 2.75) is 6.54 Å². The van der Waals surface area contributed by atoms with E-state index in [1.165, 1.54) is 5.56 Å². The van der Waals surface area contributed by atoms with Crippen molar-refractivity contribution in [3.05, 3.63) is 65.7 Å². The fourth-order valence-electron chi connectivity index (χ4n) is 1.87. The lowest BCUT2D eigenvalue weighted by Gasteiger charge is -2.18. The summed E-state index contributed by atoms with van der Waals surface area (Å²) in [6.07, 6.45) is 0. The first-order valence-corrected chi connectivity index (χ1v) is 5.38. The van der Waals surface area contributed by atoms with Crippen LogP contribution in [0.15, 0.2) is 59.6 Å². The van der Waals surface area contributed by atoms with Crippen molar-refractivity contribution in [2.24, 2.45) is 4.99 Å². The highest BCUT2D eigenvalue weighted by atomic mass is 15.0. The third kappa shape index (κ3) is 1.58. The molecule has 0 aromatic heterocycles. The van der Waals surface area contributed by atoms with Crippen LogP contribution in [-0.2, 0) is 6.54 Å². The normalized spacial score (nSPS) is 13.6. The molecule has 0 spiro atoms. The summed E-state index contributed by atoms with van der Waals surface area (Å²) in [5, 5.41) is 3.36. The van der Waals surface area contributed by atoms with Crippen LogP contribution in [0, 0.1) is 0 Å². The first kappa shape index (κ1) is 9.16. The number of aliphatic imine (C=N–C) groups is 1. The molecule has 0 atom stereocenters. The largest absolute Gasteiger partial charge is 0.340 e. The summed E-state index contributed by atoms with van der Waals surface area (Å²) in [4.78, 5) is 4.55. The molecule has 0 bridgehead atoms. The lowest BCUT2D eigenvalue weighted by molar-refractivity contribution is 1.05. The number of anilines is 1. The minimum atomic E-state index is 0.757. The van der Waals surface area contributed by atoms with Crippen LogP contribution in [0.4, 0.5) is 5.69 Å². The fraction of sp³-hybridized carbons (Fsp3) is 0.0714. The molecule has 3 rings (SSSR count). The predicted octanol–water partition coefficient (Wildman–Crippen LogP) is 3.06. The van der Waals surface area contributed by atoms with Crippen molar-refractivity contribution >= 4 is 11.5 Å². The molecular weight excluding hydrogens is 196 g/mol. The van der Waals surface area contributed by atoms with Gasteiger partial charge in [-0.05, 0) is 11.6 Å². The second kappa shape index (κ2) is 3.81. The Hall–Kier alpha value is -2.09. The molecule has 0 radical (unpaired) electrons. The van der Waals surface area contributed by atoms with Crippen LogP contribution in [0.25, 0.3) is 0 Å². The summed E-state index contributed by atoms with van der Waals surface area (Å²) in [6, 6.07) is 18.5. The van der Waals surface area contributed by atoms with Crippen molar-refractivity contribution in [2.75, 3.05) is 5.32 Å². The summed E-state index contributed by atoms with van der Waals surface area (Å²) in [5.74, 6) is 0.958. The first-order chi connectivity index (χ1) is 7.93. The number of hydrogen-bond donors (Lipinski definition) is 1. The van der Waals surface area contributed by atoms with Gasteiger partial charge in [-0.25, -0.2) is 0 Å². The maximum absolute atomic E-state index is 4.55. The zero-order chi connectivity index (χ0) is 10.8. The van der Waals surface area contributed by atoms with Gasteiger partial charge in [0.15, 0.2) is 0 Å². The van der Waals surface area contributed by atoms with E-state index in [1.807, 2.05) is 30.3 Å². The van der Waals surface area contributed by atoms with Gasteiger partial charge in [-0.2, -0.15) is 0 Å². The highest BCUT2D eigenvalue weighted by Crippen LogP contribution is 2.21. The molecule has 0 aliphatic carbocycles. The molecule has 2 nitrogen and oxygen atoms in total. The van der Waals surface area contributed by atoms with E-state index in [-0.39, 0.29) is 0 Å². The lowest BCUT2D eigenvalue weighted by atomic mass is 10.1. The zero-order valence-corrected chi connectivity index (χ0v) is 8.85. The minimum absolute atomic E-state index is 0.757. The molecule has 0 saturated carbocycles. The molecule has 1 N–H and O–H groups in total. The van der Waals surface area contributed by atoms with Crippen molar-refractivity contribution in [1.82, 2.24) is 0 Å². The summed E-state index contributed by atoms with van der Waals surface area (Å²) in [7, 11) is 0. The van der Waals surface area contributed by atoms with E-state index in [9.17, 15) is 0 Å². The average molecular weight is 208 g/mol. The van der Waals surface area contributed by atoms with Gasteiger partial charge in [0.2, 0.25) is 0 Å². The van der Waals surface area contributed by atoms with Gasteiger partial charge in [0.25, 0.3) is 0 Å². The summed E-state index contributed by atoms with van der Waals surface area (Å²) in [5.41, 5.74) is 3.55. The van der Waals surface area contributed by atoms with E-state index < -0.39 is 0 Å². The van der Waals surface area contributed by atoms with Crippen molar-refractivity contribution in [3.8, 4) is 0 Å². The second-order valence-electron chi connectivity index (χ2n) is 3.81. The van der Waals surface area contributed by atoms with Gasteiger partial charge in [0, 0.05) is 11.3 Å². The third-order valence-corrected chi connectivity index (χ3v) is 2.73. The summed E-state index contributed by atoms with van der Waals surface area (Å²) in [6.45, 7) is 0.757. The van der Waals surface area contributed by atoms with Gasteiger partial charge in [0.05, 0.1) is 6.54 Å². The Morgan fingerprint density at radius 1 is 0.875 bits per heavy atom. The monoisotopic (exact) mass is 208 g/mol. The zero-order valence-electron chi connectivity index (χ0n) is 8.85. The van der Waals surface area contributed by atoms with Crippen LogP contribution in [0.2, 0.25) is 0 Å². The van der Waals surface area contributed by atoms with Crippen molar-refractivity contribution in [3.63, 3.8) is 0 Å². The lowest BCUT2D eigenvalue weighted by Crippen LogP contribution is -2.18. The molecular formula is C14H12N2. The Kier molecular flexibility index (Phi) is 2.18. The Balaban J connectivity index is 1.95. The van der Waals surface area contributed by atoms with E-state index in [1.54, 1.807) is 0 Å². The van der Waals surface area contributed by atoms with Crippen LogP contribution in [-0.4, -0.2) is 5.84 Å². The highest BCUT2D eigenvalue weighted by Gasteiger charge is 2.11. The Labute approximate surface area is 94.7 Å². The number of nitrogens with zero attached hydrogens (tertiary/aromatic N) is 1. The number of benzene rings is 2. The SMILES string of the molecule is c1ccc(C2=NCc3ccccc3N2)cc1. The third-order valence-electron chi connectivity index (χ3n) is 2.73. The molecule has 2 aromatic rings. The van der Waals surface area contributed by atoms with E-state index in [2.05, 4.69) is 34.6 Å². The highest BCUT2D eigenvalue weighted by molar-refractivity contribution is 6.09. The molecule has 1 aliphatic rings. The minimum Gasteiger partial charge on any atom is -0.340 e. The maximum Gasteiger partial charge on any atom is 0.133 e. The number of hydrogen-bond acceptors (Lipinski definition) is 2. The second-order valence-corrected chi connectivity index (χ2v) is 3.81. The first-order valence-electron chi connectivity index (χ1n) is 5.38. The van der Waals surface area contributed by atoms with Crippen LogP contribution < -0.4 is 5.32 Å². The number of para-hydroxylation sites is 1. The van der Waals surface area contributed by atoms with Gasteiger partial charge < -0.3 is 5.32 Å². The molecule has 2 heteroatoms. The number of nitrogens with one attached hydrogen (secondary N) is 1. The van der Waals surface area contributed by atoms with E-state index >= 15 is 0 Å². The fourth-order valence-corrected chi connectivity index (χ4v) is 1.87. The van der Waals surface area contributed by atoms with Crippen LogP contribution >= 0.6 is 0 Å². The van der Waals surface area contributed by atoms with Crippen LogP contribution in [0.5, 0.6) is 0 Å². The van der Waals surface area contributed by atoms with Gasteiger partial charge in [-0.15, -0.1) is 0 Å². The topological polar surface area (TPSA) is 24.4 Å². The Morgan fingerprint density at radius 2 is 1.62 bits per heavy atom. The van der Waals surface area contributed by atoms with Gasteiger partial charge in [-0.1, -0.05) is 48.5 Å². The number of amidine groups is 1. The average Bonchev–Trinajstić information content (AvgIpc) is 2.39. The van der Waals surface area contributed by atoms with Crippen molar-refractivity contribution in [1.29, 1.82) is 0 Å². The smallest absolute Gasteiger partial charge is 0.133 e. The molecule has 1 heterocycles. The van der Waals surface area contributed by atoms with Gasteiger partial charge in [0.1, 0.15) is 5.84 Å². The molecule has 0 fully saturated rings. The van der Waals surface area contributed by atoms with Crippen LogP contribution in [0.1, 0.15) is 11.1 Å². The Bertz CT molecular complexity index is 529.